The number of ether oxygens (including phenoxy) is 1. The predicted octanol–water partition coefficient (Wildman–Crippen LogP) is 3.99. The van der Waals surface area contributed by atoms with Crippen molar-refractivity contribution in [3.63, 3.8) is 0 Å². The second-order valence-electron chi connectivity index (χ2n) is 5.68. The van der Waals surface area contributed by atoms with Gasteiger partial charge in [0.05, 0.1) is 18.1 Å². The Balaban J connectivity index is 2.19. The van der Waals surface area contributed by atoms with E-state index < -0.39 is 0 Å². The highest BCUT2D eigenvalue weighted by atomic mass is 32.1. The average molecular weight is 374 g/mol. The Kier molecular flexibility index (Phi) is 5.63. The Morgan fingerprint density at radius 2 is 2.28 bits per heavy atom. The molecule has 0 amide bonds. The molecule has 0 aromatic carbocycles. The van der Waals surface area contributed by atoms with Gasteiger partial charge in [0.1, 0.15) is 10.7 Å². The van der Waals surface area contributed by atoms with Gasteiger partial charge in [0, 0.05) is 41.8 Å². The zero-order valence-corrected chi connectivity index (χ0v) is 15.9. The van der Waals surface area contributed by atoms with Crippen molar-refractivity contribution in [2.45, 2.75) is 32.7 Å². The van der Waals surface area contributed by atoms with E-state index in [1.807, 2.05) is 24.4 Å². The number of nitriles is 1. The number of methoxy groups -OCH3 is 1. The smallest absolute Gasteiger partial charge is 0.262 e. The Labute approximate surface area is 154 Å². The number of nitrogens with zero attached hydrogens (tertiary/aromatic N) is 3. The maximum absolute atomic E-state index is 13.2. The van der Waals surface area contributed by atoms with Gasteiger partial charge in [-0.3, -0.25) is 9.36 Å². The van der Waals surface area contributed by atoms with E-state index in [4.69, 9.17) is 15.0 Å². The van der Waals surface area contributed by atoms with Gasteiger partial charge in [-0.05, 0) is 24.8 Å². The summed E-state index contributed by atoms with van der Waals surface area (Å²) in [5.74, 6) is 0.733. The largest absolute Gasteiger partial charge is 0.384 e. The molecular formula is C18H19N3O2S2. The standard InChI is InChI=1S/C18H19N3O2S2/c1-12-15(13-6-5-11-24-13)16-17(25-12)20-14(7-10-23-2)21(18(16)22)9-4-3-8-19/h5-6,11H,3-4,7,9-10H2,1-2H3. The van der Waals surface area contributed by atoms with Crippen molar-refractivity contribution in [3.8, 4) is 16.5 Å². The van der Waals surface area contributed by atoms with E-state index in [1.54, 1.807) is 34.4 Å². The van der Waals surface area contributed by atoms with Gasteiger partial charge in [0.25, 0.3) is 5.56 Å². The molecule has 130 valence electrons. The molecule has 25 heavy (non-hydrogen) atoms. The van der Waals surface area contributed by atoms with Crippen LogP contribution in [0.15, 0.2) is 22.3 Å². The molecule has 7 heteroatoms. The van der Waals surface area contributed by atoms with Gasteiger partial charge in [-0.15, -0.1) is 22.7 Å². The van der Waals surface area contributed by atoms with Crippen LogP contribution in [0, 0.1) is 18.3 Å². The monoisotopic (exact) mass is 373 g/mol. The summed E-state index contributed by atoms with van der Waals surface area (Å²) >= 11 is 3.20. The molecule has 0 bridgehead atoms. The summed E-state index contributed by atoms with van der Waals surface area (Å²) in [6.07, 6.45) is 1.65. The number of rotatable bonds is 7. The number of hydrogen-bond donors (Lipinski definition) is 0. The van der Waals surface area contributed by atoms with Crippen LogP contribution in [0.5, 0.6) is 0 Å². The van der Waals surface area contributed by atoms with Gasteiger partial charge in [-0.25, -0.2) is 4.98 Å². The minimum Gasteiger partial charge on any atom is -0.384 e. The third-order valence-corrected chi connectivity index (χ3v) is 5.92. The summed E-state index contributed by atoms with van der Waals surface area (Å²) in [5, 5.41) is 11.5. The van der Waals surface area contributed by atoms with Gasteiger partial charge in [0.2, 0.25) is 0 Å². The third-order valence-electron chi connectivity index (χ3n) is 4.03. The number of unbranched alkanes of at least 4 members (excludes halogenated alkanes) is 1. The minimum absolute atomic E-state index is 0.0122. The van der Waals surface area contributed by atoms with Gasteiger partial charge in [0.15, 0.2) is 0 Å². The van der Waals surface area contributed by atoms with Crippen LogP contribution in [0.2, 0.25) is 0 Å². The fraction of sp³-hybridized carbons (Fsp3) is 0.389. The van der Waals surface area contributed by atoms with E-state index in [2.05, 4.69) is 6.07 Å². The van der Waals surface area contributed by atoms with Crippen molar-refractivity contribution in [3.05, 3.63) is 38.6 Å². The van der Waals surface area contributed by atoms with Crippen molar-refractivity contribution in [1.82, 2.24) is 9.55 Å². The topological polar surface area (TPSA) is 67.9 Å². The highest BCUT2D eigenvalue weighted by Crippen LogP contribution is 2.37. The molecule has 0 N–H and O–H groups in total. The second-order valence-corrected chi connectivity index (χ2v) is 7.83. The zero-order valence-electron chi connectivity index (χ0n) is 14.2. The molecule has 0 saturated heterocycles. The summed E-state index contributed by atoms with van der Waals surface area (Å²) in [5.41, 5.74) is 0.988. The van der Waals surface area contributed by atoms with Crippen LogP contribution in [-0.4, -0.2) is 23.3 Å². The lowest BCUT2D eigenvalue weighted by molar-refractivity contribution is 0.199. The molecule has 3 rings (SSSR count). The molecule has 0 atom stereocenters. The van der Waals surface area contributed by atoms with E-state index in [-0.39, 0.29) is 5.56 Å². The Morgan fingerprint density at radius 1 is 1.44 bits per heavy atom. The number of fused-ring (bicyclic) bond motifs is 1. The lowest BCUT2D eigenvalue weighted by Crippen LogP contribution is -2.26. The highest BCUT2D eigenvalue weighted by molar-refractivity contribution is 7.20. The molecule has 3 aromatic heterocycles. The number of aromatic nitrogens is 2. The molecular weight excluding hydrogens is 354 g/mol. The molecule has 3 heterocycles. The molecule has 0 aliphatic rings. The van der Waals surface area contributed by atoms with Crippen LogP contribution < -0.4 is 5.56 Å². The summed E-state index contributed by atoms with van der Waals surface area (Å²) < 4.78 is 6.89. The normalized spacial score (nSPS) is 11.1. The van der Waals surface area contributed by atoms with Crippen LogP contribution in [0.25, 0.3) is 20.7 Å². The van der Waals surface area contributed by atoms with E-state index in [9.17, 15) is 4.79 Å². The Hall–Kier alpha value is -2.01. The van der Waals surface area contributed by atoms with E-state index in [1.165, 1.54) is 0 Å². The molecule has 0 aliphatic heterocycles. The van der Waals surface area contributed by atoms with Crippen LogP contribution in [0.1, 0.15) is 23.5 Å². The van der Waals surface area contributed by atoms with Crippen LogP contribution in [0.4, 0.5) is 0 Å². The van der Waals surface area contributed by atoms with Crippen molar-refractivity contribution in [1.29, 1.82) is 5.26 Å². The van der Waals surface area contributed by atoms with E-state index in [0.717, 1.165) is 26.0 Å². The first-order valence-electron chi connectivity index (χ1n) is 8.10. The molecule has 0 fully saturated rings. The predicted molar refractivity (Wildman–Crippen MR) is 102 cm³/mol. The highest BCUT2D eigenvalue weighted by Gasteiger charge is 2.20. The van der Waals surface area contributed by atoms with Crippen molar-refractivity contribution < 1.29 is 4.74 Å². The summed E-state index contributed by atoms with van der Waals surface area (Å²) in [6.45, 7) is 3.06. The fourth-order valence-corrected chi connectivity index (χ4v) is 4.83. The van der Waals surface area contributed by atoms with Gasteiger partial charge < -0.3 is 4.74 Å². The average Bonchev–Trinajstić information content (AvgIpc) is 3.22. The minimum atomic E-state index is -0.0122. The van der Waals surface area contributed by atoms with Crippen LogP contribution in [-0.2, 0) is 17.7 Å². The van der Waals surface area contributed by atoms with Crippen molar-refractivity contribution >= 4 is 32.9 Å². The molecule has 0 unspecified atom stereocenters. The Bertz CT molecular complexity index is 965. The third kappa shape index (κ3) is 3.52. The molecule has 3 aromatic rings. The lowest BCUT2D eigenvalue weighted by atomic mass is 10.1. The fourth-order valence-electron chi connectivity index (χ4n) is 2.89. The summed E-state index contributed by atoms with van der Waals surface area (Å²) in [7, 11) is 1.64. The van der Waals surface area contributed by atoms with Crippen LogP contribution >= 0.6 is 22.7 Å². The van der Waals surface area contributed by atoms with Gasteiger partial charge in [-0.1, -0.05) is 6.07 Å². The molecule has 0 radical (unpaired) electrons. The molecule has 0 saturated carbocycles. The number of thiophene rings is 2. The van der Waals surface area contributed by atoms with E-state index >= 15 is 0 Å². The lowest BCUT2D eigenvalue weighted by Gasteiger charge is -2.12. The molecule has 5 nitrogen and oxygen atoms in total. The van der Waals surface area contributed by atoms with Gasteiger partial charge in [-0.2, -0.15) is 5.26 Å². The first-order valence-corrected chi connectivity index (χ1v) is 9.79. The van der Waals surface area contributed by atoms with Crippen LogP contribution in [0.3, 0.4) is 0 Å². The second kappa shape index (κ2) is 7.91. The maximum atomic E-state index is 13.2. The molecule has 0 aliphatic carbocycles. The molecule has 0 spiro atoms. The van der Waals surface area contributed by atoms with Crippen molar-refractivity contribution in [2.24, 2.45) is 0 Å². The van der Waals surface area contributed by atoms with Crippen molar-refractivity contribution in [2.75, 3.05) is 13.7 Å². The summed E-state index contributed by atoms with van der Waals surface area (Å²) in [4.78, 5) is 21.0. The van der Waals surface area contributed by atoms with E-state index in [0.29, 0.717) is 37.8 Å². The summed E-state index contributed by atoms with van der Waals surface area (Å²) in [6, 6.07) is 6.17. The zero-order chi connectivity index (χ0) is 17.8. The first kappa shape index (κ1) is 17.8. The number of hydrogen-bond acceptors (Lipinski definition) is 6. The Morgan fingerprint density at radius 3 is 2.96 bits per heavy atom. The quantitative estimate of drug-likeness (QED) is 0.587. The van der Waals surface area contributed by atoms with Gasteiger partial charge >= 0.3 is 0 Å². The first-order chi connectivity index (χ1) is 12.2. The SMILES string of the molecule is COCCc1nc2sc(C)c(-c3cccs3)c2c(=O)n1CCCC#N. The number of aryl methyl sites for hydroxylation is 1. The maximum Gasteiger partial charge on any atom is 0.262 e.